The maximum atomic E-state index is 5.99. The van der Waals surface area contributed by atoms with Gasteiger partial charge in [-0.3, -0.25) is 4.90 Å². The molecule has 2 rings (SSSR count). The van der Waals surface area contributed by atoms with Crippen LogP contribution >= 0.6 is 23.2 Å². The molecule has 0 aliphatic heterocycles. The lowest BCUT2D eigenvalue weighted by Crippen LogP contribution is -2.39. The molecule has 1 atom stereocenters. The zero-order chi connectivity index (χ0) is 12.4. The van der Waals surface area contributed by atoms with Crippen LogP contribution in [-0.2, 0) is 6.54 Å². The highest BCUT2D eigenvalue weighted by Gasteiger charge is 2.32. The Bertz CT molecular complexity index is 371. The third-order valence-corrected chi connectivity index (χ3v) is 3.76. The van der Waals surface area contributed by atoms with Crippen molar-refractivity contribution in [2.75, 3.05) is 13.6 Å². The molecular formula is C13H18Cl2N2. The summed E-state index contributed by atoms with van der Waals surface area (Å²) in [6, 6.07) is 6.16. The minimum atomic E-state index is 0.479. The van der Waals surface area contributed by atoms with Crippen molar-refractivity contribution >= 4 is 23.2 Å². The van der Waals surface area contributed by atoms with E-state index in [9.17, 15) is 0 Å². The molecule has 0 spiro atoms. The summed E-state index contributed by atoms with van der Waals surface area (Å²) < 4.78 is 0. The number of hydrogen-bond donors (Lipinski definition) is 1. The van der Waals surface area contributed by atoms with Crippen LogP contribution in [0.1, 0.15) is 18.4 Å². The fourth-order valence-corrected chi connectivity index (χ4v) is 2.89. The third kappa shape index (κ3) is 3.59. The van der Waals surface area contributed by atoms with Crippen molar-refractivity contribution in [3.05, 3.63) is 33.8 Å². The van der Waals surface area contributed by atoms with E-state index in [2.05, 4.69) is 11.9 Å². The van der Waals surface area contributed by atoms with Gasteiger partial charge >= 0.3 is 0 Å². The fourth-order valence-electron chi connectivity index (χ4n) is 2.32. The van der Waals surface area contributed by atoms with E-state index in [1.165, 1.54) is 12.8 Å². The molecule has 1 aromatic carbocycles. The van der Waals surface area contributed by atoms with Gasteiger partial charge < -0.3 is 5.73 Å². The number of halogens is 2. The predicted molar refractivity (Wildman–Crippen MR) is 73.5 cm³/mol. The van der Waals surface area contributed by atoms with E-state index < -0.39 is 0 Å². The number of benzene rings is 1. The van der Waals surface area contributed by atoms with Gasteiger partial charge in [-0.1, -0.05) is 23.2 Å². The number of nitrogens with two attached hydrogens (primary N) is 1. The first-order valence-corrected chi connectivity index (χ1v) is 6.71. The van der Waals surface area contributed by atoms with Crippen molar-refractivity contribution in [2.24, 2.45) is 11.7 Å². The molecule has 0 saturated heterocycles. The molecule has 2 N–H and O–H groups in total. The van der Waals surface area contributed by atoms with Crippen molar-refractivity contribution in [1.82, 2.24) is 4.90 Å². The van der Waals surface area contributed by atoms with Crippen LogP contribution in [0, 0.1) is 5.92 Å². The van der Waals surface area contributed by atoms with Gasteiger partial charge in [-0.25, -0.2) is 0 Å². The van der Waals surface area contributed by atoms with Crippen LogP contribution in [0.3, 0.4) is 0 Å². The second-order valence-corrected chi connectivity index (χ2v) is 5.71. The largest absolute Gasteiger partial charge is 0.329 e. The SMILES string of the molecule is CN(Cc1cc(Cl)cc(Cl)c1)C(CN)C1CC1. The van der Waals surface area contributed by atoms with Gasteiger partial charge in [0.05, 0.1) is 0 Å². The molecule has 0 heterocycles. The molecule has 0 radical (unpaired) electrons. The Balaban J connectivity index is 2.03. The van der Waals surface area contributed by atoms with Crippen molar-refractivity contribution in [3.8, 4) is 0 Å². The van der Waals surface area contributed by atoms with Crippen LogP contribution in [0.2, 0.25) is 10.0 Å². The lowest BCUT2D eigenvalue weighted by Gasteiger charge is -2.27. The summed E-state index contributed by atoms with van der Waals surface area (Å²) in [6.45, 7) is 1.56. The number of hydrogen-bond acceptors (Lipinski definition) is 2. The highest BCUT2D eigenvalue weighted by molar-refractivity contribution is 6.34. The van der Waals surface area contributed by atoms with Crippen LogP contribution in [0.4, 0.5) is 0 Å². The van der Waals surface area contributed by atoms with Crippen LogP contribution in [0.5, 0.6) is 0 Å². The summed E-state index contributed by atoms with van der Waals surface area (Å²) >= 11 is 12.0. The Morgan fingerprint density at radius 1 is 1.29 bits per heavy atom. The minimum absolute atomic E-state index is 0.479. The van der Waals surface area contributed by atoms with E-state index in [-0.39, 0.29) is 0 Å². The van der Waals surface area contributed by atoms with E-state index in [0.717, 1.165) is 24.6 Å². The summed E-state index contributed by atoms with van der Waals surface area (Å²) in [6.07, 6.45) is 2.62. The summed E-state index contributed by atoms with van der Waals surface area (Å²) in [4.78, 5) is 2.31. The molecular weight excluding hydrogens is 255 g/mol. The quantitative estimate of drug-likeness (QED) is 0.892. The second-order valence-electron chi connectivity index (χ2n) is 4.83. The Kier molecular flexibility index (Phi) is 4.31. The first-order valence-electron chi connectivity index (χ1n) is 5.95. The van der Waals surface area contributed by atoms with Crippen LogP contribution in [0.25, 0.3) is 0 Å². The Morgan fingerprint density at radius 2 is 1.88 bits per heavy atom. The first kappa shape index (κ1) is 13.2. The normalized spacial score (nSPS) is 17.5. The third-order valence-electron chi connectivity index (χ3n) is 3.33. The van der Waals surface area contributed by atoms with E-state index in [4.69, 9.17) is 28.9 Å². The highest BCUT2D eigenvalue weighted by Crippen LogP contribution is 2.35. The lowest BCUT2D eigenvalue weighted by atomic mass is 10.1. The summed E-state index contributed by atoms with van der Waals surface area (Å²) in [5.74, 6) is 0.777. The smallest absolute Gasteiger partial charge is 0.0424 e. The van der Waals surface area contributed by atoms with E-state index in [0.29, 0.717) is 16.1 Å². The maximum absolute atomic E-state index is 5.99. The molecule has 2 nitrogen and oxygen atoms in total. The van der Waals surface area contributed by atoms with E-state index in [1.807, 2.05) is 12.1 Å². The molecule has 94 valence electrons. The average Bonchev–Trinajstić information content (AvgIpc) is 3.01. The lowest BCUT2D eigenvalue weighted by molar-refractivity contribution is 0.215. The average molecular weight is 273 g/mol. The Hall–Kier alpha value is -0.280. The van der Waals surface area contributed by atoms with Gasteiger partial charge in [-0.05, 0) is 49.6 Å². The highest BCUT2D eigenvalue weighted by atomic mass is 35.5. The van der Waals surface area contributed by atoms with Crippen LogP contribution in [-0.4, -0.2) is 24.5 Å². The minimum Gasteiger partial charge on any atom is -0.329 e. The first-order chi connectivity index (χ1) is 8.10. The van der Waals surface area contributed by atoms with Crippen molar-refractivity contribution in [2.45, 2.75) is 25.4 Å². The zero-order valence-corrected chi connectivity index (χ0v) is 11.5. The van der Waals surface area contributed by atoms with E-state index >= 15 is 0 Å². The molecule has 17 heavy (non-hydrogen) atoms. The maximum Gasteiger partial charge on any atom is 0.0424 e. The molecule has 1 saturated carbocycles. The molecule has 0 bridgehead atoms. The van der Waals surface area contributed by atoms with Gasteiger partial charge in [-0.2, -0.15) is 0 Å². The Labute approximate surface area is 113 Å². The molecule has 0 aromatic heterocycles. The predicted octanol–water partition coefficient (Wildman–Crippen LogP) is 3.16. The molecule has 0 amide bonds. The van der Waals surface area contributed by atoms with Crippen LogP contribution < -0.4 is 5.73 Å². The van der Waals surface area contributed by atoms with Gasteiger partial charge in [0.25, 0.3) is 0 Å². The van der Waals surface area contributed by atoms with E-state index in [1.54, 1.807) is 6.07 Å². The van der Waals surface area contributed by atoms with Crippen molar-refractivity contribution in [3.63, 3.8) is 0 Å². The standard InChI is InChI=1S/C13H18Cl2N2/c1-17(13(7-16)10-2-3-10)8-9-4-11(14)6-12(15)5-9/h4-6,10,13H,2-3,7-8,16H2,1H3. The Morgan fingerprint density at radius 3 is 2.35 bits per heavy atom. The summed E-state index contributed by atoms with van der Waals surface area (Å²) in [7, 11) is 2.12. The molecule has 1 aliphatic carbocycles. The number of rotatable bonds is 5. The molecule has 1 unspecified atom stereocenters. The van der Waals surface area contributed by atoms with Gasteiger partial charge in [-0.15, -0.1) is 0 Å². The molecule has 1 aromatic rings. The fraction of sp³-hybridized carbons (Fsp3) is 0.538. The molecule has 1 aliphatic rings. The molecule has 4 heteroatoms. The number of nitrogens with zero attached hydrogens (tertiary/aromatic N) is 1. The van der Waals surface area contributed by atoms with Crippen LogP contribution in [0.15, 0.2) is 18.2 Å². The number of likely N-dealkylation sites (N-methyl/N-ethyl adjacent to an activating group) is 1. The van der Waals surface area contributed by atoms with Gasteiger partial charge in [0.15, 0.2) is 0 Å². The summed E-state index contributed by atoms with van der Waals surface area (Å²) in [5, 5.41) is 1.38. The summed E-state index contributed by atoms with van der Waals surface area (Å²) in [5.41, 5.74) is 6.98. The van der Waals surface area contributed by atoms with Gasteiger partial charge in [0.2, 0.25) is 0 Å². The van der Waals surface area contributed by atoms with Gasteiger partial charge in [0, 0.05) is 29.2 Å². The monoisotopic (exact) mass is 272 g/mol. The van der Waals surface area contributed by atoms with Crippen molar-refractivity contribution in [1.29, 1.82) is 0 Å². The molecule has 1 fully saturated rings. The van der Waals surface area contributed by atoms with Crippen molar-refractivity contribution < 1.29 is 0 Å². The topological polar surface area (TPSA) is 29.3 Å². The van der Waals surface area contributed by atoms with Gasteiger partial charge in [0.1, 0.15) is 0 Å². The zero-order valence-electron chi connectivity index (χ0n) is 10.00. The second kappa shape index (κ2) is 5.57.